The molecule has 0 aliphatic carbocycles. The Labute approximate surface area is 794 Å². The predicted octanol–water partition coefficient (Wildman–Crippen LogP) is 22.2. The van der Waals surface area contributed by atoms with Gasteiger partial charge in [-0.1, -0.05) is 302 Å². The lowest BCUT2D eigenvalue weighted by molar-refractivity contribution is 0.0199. The first-order chi connectivity index (χ1) is 64.1. The Morgan fingerprint density at radius 3 is 0.748 bits per heavy atom. The first-order valence-electron chi connectivity index (χ1n) is 45.5. The number of methoxy groups -OCH3 is 3. The highest BCUT2D eigenvalue weighted by atomic mass is 32.2. The van der Waals surface area contributed by atoms with Crippen LogP contribution in [0.25, 0.3) is 10.8 Å². The minimum Gasteiger partial charge on any atom is -0.491 e. The predicted molar refractivity (Wildman–Crippen MR) is 531 cm³/mol. The van der Waals surface area contributed by atoms with Gasteiger partial charge in [-0.15, -0.1) is 0 Å². The van der Waals surface area contributed by atoms with Gasteiger partial charge in [0.15, 0.2) is 0 Å². The maximum absolute atomic E-state index is 6.31. The van der Waals surface area contributed by atoms with E-state index in [2.05, 4.69) is 253 Å². The van der Waals surface area contributed by atoms with Crippen molar-refractivity contribution in [3.8, 4) is 17.2 Å². The van der Waals surface area contributed by atoms with Crippen molar-refractivity contribution in [2.45, 2.75) is 103 Å². The molecule has 2 aliphatic rings. The molecule has 0 N–H and O–H groups in total. The highest BCUT2D eigenvalue weighted by Gasteiger charge is 2.41. The summed E-state index contributed by atoms with van der Waals surface area (Å²) >= 11 is 7.05. The van der Waals surface area contributed by atoms with Crippen LogP contribution >= 0.6 is 47.0 Å². The summed E-state index contributed by atoms with van der Waals surface area (Å²) < 4.78 is 108. The third-order valence-corrected chi connectivity index (χ3v) is 27.9. The van der Waals surface area contributed by atoms with Crippen molar-refractivity contribution < 1.29 is 85.3 Å². The van der Waals surface area contributed by atoms with E-state index in [9.17, 15) is 0 Å². The lowest BCUT2D eigenvalue weighted by Gasteiger charge is -2.38. The third kappa shape index (κ3) is 30.4. The molecule has 0 fully saturated rings. The van der Waals surface area contributed by atoms with E-state index in [4.69, 9.17) is 85.3 Å². The number of thioether (sulfide) groups is 4. The van der Waals surface area contributed by atoms with Gasteiger partial charge < -0.3 is 85.3 Å². The lowest BCUT2D eigenvalue weighted by Crippen LogP contribution is -2.31. The van der Waals surface area contributed by atoms with Crippen LogP contribution in [0.1, 0.15) is 132 Å². The number of ether oxygens (including phenoxy) is 18. The first kappa shape index (κ1) is 102. The molecule has 2 heterocycles. The number of aryl methyl sites for hydroxylation is 1. The maximum Gasteiger partial charge on any atom is 0.127 e. The Bertz CT molecular complexity index is 4870. The Morgan fingerprint density at radius 2 is 0.466 bits per heavy atom. The highest BCUT2D eigenvalue weighted by Crippen LogP contribution is 2.56. The molecule has 10 aromatic rings. The van der Waals surface area contributed by atoms with Gasteiger partial charge in [-0.05, 0) is 136 Å². The van der Waals surface area contributed by atoms with E-state index in [-0.39, 0.29) is 10.8 Å². The van der Waals surface area contributed by atoms with Crippen LogP contribution in [0.15, 0.2) is 260 Å². The van der Waals surface area contributed by atoms with E-state index in [0.29, 0.717) is 198 Å². The second-order valence-corrected chi connectivity index (χ2v) is 38.4. The van der Waals surface area contributed by atoms with Gasteiger partial charge in [-0.2, -0.15) is 0 Å². The molecule has 12 rings (SSSR count). The average molecular weight is 1860 g/mol. The zero-order valence-corrected chi connectivity index (χ0v) is 81.3. The molecule has 700 valence electrons. The van der Waals surface area contributed by atoms with E-state index >= 15 is 0 Å². The second kappa shape index (κ2) is 54.4. The van der Waals surface area contributed by atoms with Crippen molar-refractivity contribution in [1.82, 2.24) is 0 Å². The first-order valence-corrected chi connectivity index (χ1v) is 48.9. The summed E-state index contributed by atoms with van der Waals surface area (Å²) in [4.78, 5) is 2.37. The van der Waals surface area contributed by atoms with Gasteiger partial charge >= 0.3 is 0 Å². The minimum atomic E-state index is -0.750. The SMILES string of the molecule is CCc1ccc(C(c2ccc(OCCOCCOCC3=CS/C(=C4\SC=C(COCCOCCOc5cccc6c(OCCOCCOCc7ccc(C(c8ccc(COCCOCCOC)cc8)(c8ccc(COCCOCCOC)cc8)c8ccc(COCCOCCOC)cc8)cc7)cccc56)S4)S3)cc2)(c2ccc(C(C)(C)C)cc2)c2ccc(C(C)(C)C)cc2)cc1. The van der Waals surface area contributed by atoms with Gasteiger partial charge in [0.25, 0.3) is 0 Å². The Kier molecular flexibility index (Phi) is 42.3. The van der Waals surface area contributed by atoms with Crippen LogP contribution in [0.4, 0.5) is 0 Å². The number of rotatable bonds is 60. The standard InChI is InChI=1S/C109H132O18S4/c1-11-82-18-28-89(29-19-82)109(94-42-38-87(39-43-94)106(2,3)4,95-44-40-88(41-45-95)107(5,6)7)96-46-48-97(49-47-96)125-71-68-116-60-66-123-78-98-80-128-104(130-98)105-129-81-99(131-105)79-124-67-61-118-70-73-127-103-17-13-14-100-101(103)15-12-16-102(100)126-72-69-117-59-65-122-77-86-26-36-93(37-27-86)108(90-30-20-83(21-31-90)74-119-62-56-113-53-50-110-8,91-32-22-84(23-33-91)75-120-63-57-114-54-51-111-9)92-34-24-85(25-35-92)76-121-64-58-115-55-52-112-10/h12-49,80-81H,11,50-79H2,1-10H3/b105-104-. The van der Waals surface area contributed by atoms with E-state index in [0.717, 1.165) is 78.9 Å². The van der Waals surface area contributed by atoms with Crippen molar-refractivity contribution in [2.75, 3.05) is 193 Å². The van der Waals surface area contributed by atoms with Gasteiger partial charge in [-0.3, -0.25) is 0 Å². The Balaban J connectivity index is 0.537. The summed E-state index contributed by atoms with van der Waals surface area (Å²) in [6.45, 7) is 30.0. The molecule has 18 nitrogen and oxygen atoms in total. The topological polar surface area (TPSA) is 166 Å². The zero-order chi connectivity index (χ0) is 91.6. The van der Waals surface area contributed by atoms with Crippen molar-refractivity contribution in [3.63, 3.8) is 0 Å². The molecular formula is C109H132O18S4. The summed E-state index contributed by atoms with van der Waals surface area (Å²) in [7, 11) is 5.00. The van der Waals surface area contributed by atoms with Crippen molar-refractivity contribution in [3.05, 3.63) is 343 Å². The molecule has 0 radical (unpaired) electrons. The molecule has 0 atom stereocenters. The van der Waals surface area contributed by atoms with Crippen LogP contribution in [-0.4, -0.2) is 193 Å². The molecule has 2 aliphatic heterocycles. The molecule has 131 heavy (non-hydrogen) atoms. The molecule has 0 saturated carbocycles. The quantitative estimate of drug-likeness (QED) is 0.0261. The van der Waals surface area contributed by atoms with Gasteiger partial charge in [0.2, 0.25) is 0 Å². The molecule has 0 saturated heterocycles. The van der Waals surface area contributed by atoms with Crippen molar-refractivity contribution >= 4 is 57.8 Å². The molecular weight excluding hydrogens is 1730 g/mol. The summed E-state index contributed by atoms with van der Waals surface area (Å²) in [6.07, 6.45) is 0.981. The van der Waals surface area contributed by atoms with E-state index in [1.165, 1.54) is 57.2 Å². The summed E-state index contributed by atoms with van der Waals surface area (Å²) in [5.74, 6) is 2.32. The molecule has 0 spiro atoms. The third-order valence-electron chi connectivity index (χ3n) is 22.6. The van der Waals surface area contributed by atoms with E-state index in [1.807, 2.05) is 36.4 Å². The second-order valence-electron chi connectivity index (χ2n) is 33.8. The number of hydrogen-bond donors (Lipinski definition) is 0. The summed E-state index contributed by atoms with van der Waals surface area (Å²) in [5.41, 5.74) is 16.1. The van der Waals surface area contributed by atoms with E-state index < -0.39 is 10.8 Å². The Hall–Kier alpha value is -8.12. The van der Waals surface area contributed by atoms with Gasteiger partial charge in [0, 0.05) is 41.9 Å². The minimum absolute atomic E-state index is 0.0300. The smallest absolute Gasteiger partial charge is 0.127 e. The summed E-state index contributed by atoms with van der Waals surface area (Å²) in [5, 5.41) is 6.29. The van der Waals surface area contributed by atoms with Crippen LogP contribution in [0.2, 0.25) is 0 Å². The molecule has 0 bridgehead atoms. The van der Waals surface area contributed by atoms with E-state index in [1.54, 1.807) is 68.4 Å². The molecule has 0 unspecified atom stereocenters. The van der Waals surface area contributed by atoms with Gasteiger partial charge in [-0.25, -0.2) is 0 Å². The van der Waals surface area contributed by atoms with Crippen LogP contribution < -0.4 is 14.2 Å². The number of hydrogen-bond acceptors (Lipinski definition) is 22. The van der Waals surface area contributed by atoms with Gasteiger partial charge in [0.05, 0.1) is 198 Å². The van der Waals surface area contributed by atoms with Crippen LogP contribution in [0, 0.1) is 0 Å². The molecule has 10 aromatic carbocycles. The lowest BCUT2D eigenvalue weighted by atomic mass is 9.64. The highest BCUT2D eigenvalue weighted by molar-refractivity contribution is 8.33. The monoisotopic (exact) mass is 1860 g/mol. The molecule has 0 amide bonds. The van der Waals surface area contributed by atoms with Gasteiger partial charge in [0.1, 0.15) is 37.1 Å². The molecule has 22 heteroatoms. The van der Waals surface area contributed by atoms with Crippen molar-refractivity contribution in [2.24, 2.45) is 0 Å². The number of benzene rings is 10. The normalized spacial score (nSPS) is 13.8. The fourth-order valence-electron chi connectivity index (χ4n) is 15.5. The maximum atomic E-state index is 6.31. The summed E-state index contributed by atoms with van der Waals surface area (Å²) in [6, 6.07) is 83.5. The number of fused-ring (bicyclic) bond motifs is 1. The van der Waals surface area contributed by atoms with Crippen LogP contribution in [-0.2, 0) is 126 Å². The zero-order valence-electron chi connectivity index (χ0n) is 78.0. The fraction of sp³-hybridized carbons (Fsp3) is 0.413. The molecule has 0 aromatic heterocycles. The van der Waals surface area contributed by atoms with Crippen LogP contribution in [0.3, 0.4) is 0 Å². The van der Waals surface area contributed by atoms with Crippen molar-refractivity contribution in [1.29, 1.82) is 0 Å². The van der Waals surface area contributed by atoms with Crippen LogP contribution in [0.5, 0.6) is 17.2 Å². The largest absolute Gasteiger partial charge is 0.491 e. The average Bonchev–Trinajstić information content (AvgIpc) is 1.11. The fourth-order valence-corrected chi connectivity index (χ4v) is 20.3. The Morgan fingerprint density at radius 1 is 0.229 bits per heavy atom.